The summed E-state index contributed by atoms with van der Waals surface area (Å²) in [6.07, 6.45) is 7.79. The Morgan fingerprint density at radius 3 is 1.87 bits per heavy atom. The Labute approximate surface area is 435 Å². The van der Waals surface area contributed by atoms with Gasteiger partial charge < -0.3 is 37.0 Å². The summed E-state index contributed by atoms with van der Waals surface area (Å²) in [6.45, 7) is 16.1. The molecule has 20 nitrogen and oxygen atoms in total. The Morgan fingerprint density at radius 1 is 0.667 bits per heavy atom. The molecule has 8 aromatic rings. The summed E-state index contributed by atoms with van der Waals surface area (Å²) in [6, 6.07) is 23.5. The number of anilines is 8. The van der Waals surface area contributed by atoms with Crippen molar-refractivity contribution in [1.82, 2.24) is 54.4 Å². The second kappa shape index (κ2) is 23.5. The number of aliphatic hydroxyl groups excluding tert-OH is 1. The van der Waals surface area contributed by atoms with Crippen LogP contribution in [0.25, 0.3) is 11.6 Å². The van der Waals surface area contributed by atoms with E-state index in [0.717, 1.165) is 39.5 Å². The molecule has 8 rings (SSSR count). The second-order valence-electron chi connectivity index (χ2n) is 19.3. The predicted octanol–water partition coefficient (Wildman–Crippen LogP) is 9.04. The van der Waals surface area contributed by atoms with Gasteiger partial charge in [-0.25, -0.2) is 24.3 Å². The SMILES string of the molecule is CNc1cc(-n2nc(C)cc2Nc2cc(C(=O)Nc3ccnc(C(C)(C)F)c3)ccc2C)ncn1.CNc1cc(-n2nc(CN(C)CCO)cc2Nc2cc(NC(=O)c3cncc(C(C)(C)C)c3)ccc2C)ncn1. The van der Waals surface area contributed by atoms with Gasteiger partial charge in [0.05, 0.1) is 29.3 Å². The average molecular weight is 1020 g/mol. The van der Waals surface area contributed by atoms with Crippen LogP contribution in [0.15, 0.2) is 110 Å². The summed E-state index contributed by atoms with van der Waals surface area (Å²) < 4.78 is 17.7. The van der Waals surface area contributed by atoms with E-state index in [1.165, 1.54) is 38.8 Å². The minimum absolute atomic E-state index is 0.0635. The zero-order valence-electron chi connectivity index (χ0n) is 44.1. The highest BCUT2D eigenvalue weighted by Crippen LogP contribution is 2.30. The molecule has 2 amide bonds. The molecule has 0 saturated heterocycles. The number of carbonyl (C=O) groups excluding carboxylic acids is 2. The molecule has 0 atom stereocenters. The van der Waals surface area contributed by atoms with Crippen LogP contribution >= 0.6 is 0 Å². The van der Waals surface area contributed by atoms with E-state index in [1.54, 1.807) is 60.1 Å². The van der Waals surface area contributed by atoms with Crippen molar-refractivity contribution in [2.75, 3.05) is 66.2 Å². The third-order valence-corrected chi connectivity index (χ3v) is 11.8. The van der Waals surface area contributed by atoms with Crippen LogP contribution in [0.4, 0.5) is 50.4 Å². The van der Waals surface area contributed by atoms with Crippen LogP contribution in [0.5, 0.6) is 0 Å². The second-order valence-corrected chi connectivity index (χ2v) is 19.3. The Morgan fingerprint density at radius 2 is 1.25 bits per heavy atom. The maximum atomic E-state index is 14.3. The van der Waals surface area contributed by atoms with Crippen LogP contribution in [0.3, 0.4) is 0 Å². The molecule has 0 saturated carbocycles. The van der Waals surface area contributed by atoms with Gasteiger partial charge in [-0.2, -0.15) is 19.6 Å². The molecule has 6 aromatic heterocycles. The summed E-state index contributed by atoms with van der Waals surface area (Å²) >= 11 is 0. The normalized spacial score (nSPS) is 11.4. The molecule has 0 radical (unpaired) electrons. The number of hydrogen-bond donors (Lipinski definition) is 7. The van der Waals surface area contributed by atoms with Crippen molar-refractivity contribution in [2.45, 2.75) is 73.0 Å². The van der Waals surface area contributed by atoms with Gasteiger partial charge in [0.15, 0.2) is 11.6 Å². The lowest BCUT2D eigenvalue weighted by molar-refractivity contribution is 0.101. The molecule has 0 unspecified atom stereocenters. The molecule has 0 spiro atoms. The maximum Gasteiger partial charge on any atom is 0.257 e. The number of nitrogens with one attached hydrogen (secondary N) is 6. The summed E-state index contributed by atoms with van der Waals surface area (Å²) in [5.41, 5.74) is 6.64. The topological polar surface area (TPSA) is 243 Å². The molecule has 0 aliphatic carbocycles. The zero-order valence-corrected chi connectivity index (χ0v) is 44.1. The first-order valence-corrected chi connectivity index (χ1v) is 24.2. The van der Waals surface area contributed by atoms with Crippen LogP contribution in [-0.2, 0) is 17.6 Å². The third-order valence-electron chi connectivity index (χ3n) is 11.8. The Hall–Kier alpha value is -8.69. The van der Waals surface area contributed by atoms with Crippen molar-refractivity contribution >= 4 is 57.8 Å². The van der Waals surface area contributed by atoms with Gasteiger partial charge in [-0.15, -0.1) is 0 Å². The van der Waals surface area contributed by atoms with Crippen molar-refractivity contribution in [2.24, 2.45) is 0 Å². The number of aryl methyl sites for hydroxylation is 3. The van der Waals surface area contributed by atoms with Crippen molar-refractivity contribution in [1.29, 1.82) is 0 Å². The van der Waals surface area contributed by atoms with E-state index >= 15 is 0 Å². The van der Waals surface area contributed by atoms with E-state index in [9.17, 15) is 19.1 Å². The summed E-state index contributed by atoms with van der Waals surface area (Å²) in [4.78, 5) is 53.5. The number of hydrogen-bond acceptors (Lipinski definition) is 16. The molecule has 75 heavy (non-hydrogen) atoms. The standard InChI is InChI=1S/C29H37N9O2.C25H27FN8O/c1-19-7-8-22(34-28(40)20-11-21(16-31-15-20)29(2,3)4)12-24(19)35-27-13-23(17-37(6)9-10-39)36-38(27)26-14-25(30-5)32-18-33-26;1-15-6-7-17(24(35)31-18-8-9-28-20(12-18)25(3,4)26)11-19(15)32-23-10-16(2)33-34(23)22-13-21(27-5)29-14-30-22/h7-8,11-16,18,35,39H,9-10,17H2,1-6H3,(H,34,40)(H,30,32,33);6-14,32H,1-5H3,(H,27,29,30)(H,28,31,35). The van der Waals surface area contributed by atoms with Gasteiger partial charge >= 0.3 is 0 Å². The molecule has 0 aliphatic heterocycles. The Kier molecular flexibility index (Phi) is 16.9. The number of benzene rings is 2. The summed E-state index contributed by atoms with van der Waals surface area (Å²) in [5.74, 6) is 3.35. The van der Waals surface area contributed by atoms with Gasteiger partial charge in [0.2, 0.25) is 0 Å². The number of amides is 2. The minimum atomic E-state index is -1.61. The number of rotatable bonds is 17. The number of aliphatic hydroxyl groups is 1. The fourth-order valence-corrected chi connectivity index (χ4v) is 7.48. The van der Waals surface area contributed by atoms with Crippen LogP contribution in [-0.4, -0.2) is 106 Å². The van der Waals surface area contributed by atoms with Crippen LogP contribution in [0, 0.1) is 20.8 Å². The van der Waals surface area contributed by atoms with E-state index in [1.807, 2.05) is 81.2 Å². The third kappa shape index (κ3) is 14.1. The average Bonchev–Trinajstić information content (AvgIpc) is 3.96. The summed E-state index contributed by atoms with van der Waals surface area (Å²) in [5, 5.41) is 37.3. The number of nitrogens with zero attached hydrogens (tertiary/aromatic N) is 11. The van der Waals surface area contributed by atoms with E-state index in [0.29, 0.717) is 70.5 Å². The lowest BCUT2D eigenvalue weighted by atomic mass is 9.87. The first-order chi connectivity index (χ1) is 35.7. The molecular formula is C54H64FN17O3. The lowest BCUT2D eigenvalue weighted by Gasteiger charge is -2.19. The van der Waals surface area contributed by atoms with Gasteiger partial charge in [-0.1, -0.05) is 32.9 Å². The van der Waals surface area contributed by atoms with Crippen molar-refractivity contribution in [3.63, 3.8) is 0 Å². The van der Waals surface area contributed by atoms with E-state index in [-0.39, 0.29) is 29.5 Å². The first kappa shape index (κ1) is 54.1. The number of pyridine rings is 2. The monoisotopic (exact) mass is 1020 g/mol. The fourth-order valence-electron chi connectivity index (χ4n) is 7.48. The van der Waals surface area contributed by atoms with E-state index in [4.69, 9.17) is 5.10 Å². The molecule has 0 bridgehead atoms. The van der Waals surface area contributed by atoms with Gasteiger partial charge in [0.25, 0.3) is 11.8 Å². The van der Waals surface area contributed by atoms with Crippen molar-refractivity contribution in [3.05, 3.63) is 155 Å². The molecule has 2 aromatic carbocycles. The molecule has 390 valence electrons. The largest absolute Gasteiger partial charge is 0.395 e. The zero-order chi connectivity index (χ0) is 54.0. The quantitative estimate of drug-likeness (QED) is 0.0450. The first-order valence-electron chi connectivity index (χ1n) is 24.2. The van der Waals surface area contributed by atoms with Crippen molar-refractivity contribution < 1.29 is 19.1 Å². The van der Waals surface area contributed by atoms with Gasteiger partial charge in [0.1, 0.15) is 41.6 Å². The molecule has 0 fully saturated rings. The molecule has 7 N–H and O–H groups in total. The molecule has 21 heteroatoms. The van der Waals surface area contributed by atoms with E-state index < -0.39 is 5.67 Å². The maximum absolute atomic E-state index is 14.3. The number of aromatic nitrogens is 10. The van der Waals surface area contributed by atoms with Crippen LogP contribution in [0.1, 0.15) is 89.1 Å². The van der Waals surface area contributed by atoms with Crippen LogP contribution < -0.4 is 31.9 Å². The molecule has 0 aliphatic rings. The van der Waals surface area contributed by atoms with Gasteiger partial charge in [-0.3, -0.25) is 24.5 Å². The fraction of sp³-hybridized carbons (Fsp3) is 0.296. The Bertz CT molecular complexity index is 3290. The van der Waals surface area contributed by atoms with Crippen molar-refractivity contribution in [3.8, 4) is 11.6 Å². The summed E-state index contributed by atoms with van der Waals surface area (Å²) in [7, 11) is 5.50. The highest BCUT2D eigenvalue weighted by Gasteiger charge is 2.22. The van der Waals surface area contributed by atoms with Crippen LogP contribution in [0.2, 0.25) is 0 Å². The van der Waals surface area contributed by atoms with E-state index in [2.05, 4.69) is 87.7 Å². The molecule has 6 heterocycles. The highest BCUT2D eigenvalue weighted by molar-refractivity contribution is 6.05. The smallest absolute Gasteiger partial charge is 0.257 e. The predicted molar refractivity (Wildman–Crippen MR) is 292 cm³/mol. The lowest BCUT2D eigenvalue weighted by Crippen LogP contribution is -2.21. The Balaban J connectivity index is 0.000000221. The highest BCUT2D eigenvalue weighted by atomic mass is 19.1. The number of alkyl halides is 1. The van der Waals surface area contributed by atoms with Gasteiger partial charge in [0, 0.05) is 98.4 Å². The molecular weight excluding hydrogens is 954 g/mol. The van der Waals surface area contributed by atoms with Gasteiger partial charge in [-0.05, 0) is 106 Å². The number of likely N-dealkylation sites (N-methyl/N-ethyl adjacent to an activating group) is 1. The minimum Gasteiger partial charge on any atom is -0.395 e. The number of halogens is 1. The number of carbonyl (C=O) groups is 2.